The average molecular weight is 306 g/mol. The molecule has 1 fully saturated rings. The number of allylic oxidation sites excluding steroid dienone is 2. The van der Waals surface area contributed by atoms with Gasteiger partial charge in [0.1, 0.15) is 0 Å². The molecule has 4 heteroatoms. The Balaban J connectivity index is 2.48. The molecule has 122 valence electrons. The lowest BCUT2D eigenvalue weighted by molar-refractivity contribution is -0.147. The van der Waals surface area contributed by atoms with Crippen molar-refractivity contribution in [1.82, 2.24) is 0 Å². The lowest BCUT2D eigenvalue weighted by Crippen LogP contribution is -2.38. The van der Waals surface area contributed by atoms with Crippen LogP contribution in [0.15, 0.2) is 22.8 Å². The minimum Gasteiger partial charge on any atom is -0.469 e. The Morgan fingerprint density at radius 2 is 1.68 bits per heavy atom. The summed E-state index contributed by atoms with van der Waals surface area (Å²) in [6.45, 7) is 3.88. The van der Waals surface area contributed by atoms with Crippen LogP contribution in [0.25, 0.3) is 0 Å². The summed E-state index contributed by atoms with van der Waals surface area (Å²) < 4.78 is 10.0. The Bertz CT molecular complexity index is 509. The first-order valence-corrected chi connectivity index (χ1v) is 8.06. The maximum Gasteiger partial charge on any atom is 0.334 e. The van der Waals surface area contributed by atoms with Crippen LogP contribution in [-0.4, -0.2) is 26.2 Å². The van der Waals surface area contributed by atoms with Gasteiger partial charge in [0.15, 0.2) is 0 Å². The molecule has 0 amide bonds. The minimum atomic E-state index is -0.370. The molecule has 2 atom stereocenters. The van der Waals surface area contributed by atoms with Crippen molar-refractivity contribution >= 4 is 11.9 Å². The Labute approximate surface area is 132 Å². The first-order valence-electron chi connectivity index (χ1n) is 8.06. The number of ether oxygens (including phenoxy) is 2. The van der Waals surface area contributed by atoms with Gasteiger partial charge in [-0.05, 0) is 38.2 Å². The second kappa shape index (κ2) is 7.12. The largest absolute Gasteiger partial charge is 0.469 e. The van der Waals surface area contributed by atoms with E-state index in [1.807, 2.05) is 19.9 Å². The summed E-state index contributed by atoms with van der Waals surface area (Å²) in [7, 11) is 2.81. The maximum atomic E-state index is 12.4. The predicted molar refractivity (Wildman–Crippen MR) is 84.0 cm³/mol. The second-order valence-corrected chi connectivity index (χ2v) is 6.40. The normalized spacial score (nSPS) is 26.5. The van der Waals surface area contributed by atoms with Crippen molar-refractivity contribution in [2.45, 2.75) is 46.0 Å². The molecular formula is C18H26O4. The number of hydrogen-bond acceptors (Lipinski definition) is 4. The van der Waals surface area contributed by atoms with Gasteiger partial charge in [-0.25, -0.2) is 4.79 Å². The van der Waals surface area contributed by atoms with Gasteiger partial charge >= 0.3 is 11.9 Å². The predicted octanol–water partition coefficient (Wildman–Crippen LogP) is 3.42. The minimum absolute atomic E-state index is 0.120. The van der Waals surface area contributed by atoms with Gasteiger partial charge in [-0.15, -0.1) is 0 Å². The first-order chi connectivity index (χ1) is 10.5. The molecule has 0 unspecified atom stereocenters. The van der Waals surface area contributed by atoms with E-state index in [1.165, 1.54) is 20.6 Å². The molecule has 0 aliphatic heterocycles. The summed E-state index contributed by atoms with van der Waals surface area (Å²) in [5.74, 6) is -0.717. The van der Waals surface area contributed by atoms with Crippen LogP contribution < -0.4 is 0 Å². The van der Waals surface area contributed by atoms with Crippen molar-refractivity contribution in [3.05, 3.63) is 22.8 Å². The standard InChI is InChI=1S/C18H26O4/c1-11-10-12(2)15(18(20)22-4)16(14(11)17(19)21-3)13-8-6-5-7-9-13/h10,13-14,16H,5-9H2,1-4H3/t14-,16+/m0/s1. The first kappa shape index (κ1) is 16.8. The molecule has 0 radical (unpaired) electrons. The van der Waals surface area contributed by atoms with Gasteiger partial charge in [0, 0.05) is 11.5 Å². The highest BCUT2D eigenvalue weighted by Crippen LogP contribution is 2.45. The number of hydrogen-bond donors (Lipinski definition) is 0. The molecule has 4 nitrogen and oxygen atoms in total. The molecule has 0 heterocycles. The van der Waals surface area contributed by atoms with Gasteiger partial charge in [-0.1, -0.05) is 30.9 Å². The van der Waals surface area contributed by atoms with Gasteiger partial charge < -0.3 is 9.47 Å². The van der Waals surface area contributed by atoms with Gasteiger partial charge in [0.2, 0.25) is 0 Å². The monoisotopic (exact) mass is 306 g/mol. The van der Waals surface area contributed by atoms with E-state index in [0.717, 1.165) is 36.8 Å². The molecule has 0 N–H and O–H groups in total. The summed E-state index contributed by atoms with van der Waals surface area (Å²) in [6.07, 6.45) is 7.58. The summed E-state index contributed by atoms with van der Waals surface area (Å²) in [4.78, 5) is 24.7. The van der Waals surface area contributed by atoms with Crippen LogP contribution in [0, 0.1) is 17.8 Å². The van der Waals surface area contributed by atoms with E-state index in [1.54, 1.807) is 0 Å². The SMILES string of the molecule is COC(=O)C1=C(C)C=C(C)[C@H](C(=O)OC)[C@H]1C1CCCCC1. The molecule has 2 rings (SSSR count). The molecule has 0 bridgehead atoms. The third-order valence-corrected chi connectivity index (χ3v) is 5.07. The van der Waals surface area contributed by atoms with Crippen LogP contribution in [0.2, 0.25) is 0 Å². The quantitative estimate of drug-likeness (QED) is 0.750. The number of methoxy groups -OCH3 is 2. The summed E-state index contributed by atoms with van der Waals surface area (Å²) in [6, 6.07) is 0. The third kappa shape index (κ3) is 3.11. The Hall–Kier alpha value is -1.58. The Kier molecular flexibility index (Phi) is 5.43. The number of esters is 2. The summed E-state index contributed by atoms with van der Waals surface area (Å²) in [5, 5.41) is 0. The highest BCUT2D eigenvalue weighted by molar-refractivity contribution is 5.93. The molecule has 0 aromatic heterocycles. The van der Waals surface area contributed by atoms with Crippen molar-refractivity contribution in [3.8, 4) is 0 Å². The zero-order valence-electron chi connectivity index (χ0n) is 14.0. The fraction of sp³-hybridized carbons (Fsp3) is 0.667. The van der Waals surface area contributed by atoms with Crippen molar-refractivity contribution in [2.75, 3.05) is 14.2 Å². The van der Waals surface area contributed by atoms with E-state index in [2.05, 4.69) is 0 Å². The molecule has 1 saturated carbocycles. The zero-order chi connectivity index (χ0) is 16.3. The van der Waals surface area contributed by atoms with E-state index >= 15 is 0 Å². The Morgan fingerprint density at radius 3 is 2.23 bits per heavy atom. The average Bonchev–Trinajstić information content (AvgIpc) is 2.53. The number of carbonyl (C=O) groups is 2. The van der Waals surface area contributed by atoms with Crippen LogP contribution in [-0.2, 0) is 19.1 Å². The van der Waals surface area contributed by atoms with Crippen molar-refractivity contribution < 1.29 is 19.1 Å². The van der Waals surface area contributed by atoms with Gasteiger partial charge in [-0.3, -0.25) is 4.79 Å². The topological polar surface area (TPSA) is 52.6 Å². The van der Waals surface area contributed by atoms with E-state index in [-0.39, 0.29) is 23.8 Å². The third-order valence-electron chi connectivity index (χ3n) is 5.07. The van der Waals surface area contributed by atoms with Gasteiger partial charge in [0.05, 0.1) is 20.1 Å². The highest BCUT2D eigenvalue weighted by atomic mass is 16.5. The smallest absolute Gasteiger partial charge is 0.334 e. The van der Waals surface area contributed by atoms with Crippen LogP contribution in [0.3, 0.4) is 0 Å². The van der Waals surface area contributed by atoms with E-state index in [4.69, 9.17) is 9.47 Å². The van der Waals surface area contributed by atoms with Gasteiger partial charge in [0.25, 0.3) is 0 Å². The molecule has 2 aliphatic carbocycles. The maximum absolute atomic E-state index is 12.4. The molecule has 0 aromatic carbocycles. The Morgan fingerprint density at radius 1 is 1.05 bits per heavy atom. The van der Waals surface area contributed by atoms with E-state index in [0.29, 0.717) is 11.5 Å². The fourth-order valence-corrected chi connectivity index (χ4v) is 4.09. The zero-order valence-corrected chi connectivity index (χ0v) is 14.0. The van der Waals surface area contributed by atoms with Crippen molar-refractivity contribution in [1.29, 1.82) is 0 Å². The fourth-order valence-electron chi connectivity index (χ4n) is 4.09. The van der Waals surface area contributed by atoms with Crippen LogP contribution >= 0.6 is 0 Å². The van der Waals surface area contributed by atoms with E-state index in [9.17, 15) is 9.59 Å². The highest BCUT2D eigenvalue weighted by Gasteiger charge is 2.43. The summed E-state index contributed by atoms with van der Waals surface area (Å²) in [5.41, 5.74) is 2.56. The molecule has 0 aromatic rings. The van der Waals surface area contributed by atoms with Crippen molar-refractivity contribution in [3.63, 3.8) is 0 Å². The number of rotatable bonds is 3. The van der Waals surface area contributed by atoms with Gasteiger partial charge in [-0.2, -0.15) is 0 Å². The second-order valence-electron chi connectivity index (χ2n) is 6.40. The molecule has 22 heavy (non-hydrogen) atoms. The molecule has 0 saturated heterocycles. The lowest BCUT2D eigenvalue weighted by Gasteiger charge is -2.38. The summed E-state index contributed by atoms with van der Waals surface area (Å²) >= 11 is 0. The molecule has 0 spiro atoms. The van der Waals surface area contributed by atoms with Crippen LogP contribution in [0.4, 0.5) is 0 Å². The van der Waals surface area contributed by atoms with E-state index < -0.39 is 0 Å². The van der Waals surface area contributed by atoms with Crippen LogP contribution in [0.1, 0.15) is 46.0 Å². The molecule has 2 aliphatic rings. The lowest BCUT2D eigenvalue weighted by atomic mass is 9.65. The van der Waals surface area contributed by atoms with Crippen LogP contribution in [0.5, 0.6) is 0 Å². The molecular weight excluding hydrogens is 280 g/mol. The van der Waals surface area contributed by atoms with Crippen molar-refractivity contribution in [2.24, 2.45) is 17.8 Å². The number of carbonyl (C=O) groups excluding carboxylic acids is 2.